The summed E-state index contributed by atoms with van der Waals surface area (Å²) in [6.45, 7) is 8.53. The van der Waals surface area contributed by atoms with Crippen LogP contribution in [-0.2, 0) is 16.0 Å². The van der Waals surface area contributed by atoms with E-state index in [1.165, 1.54) is 12.5 Å². The quantitative estimate of drug-likeness (QED) is 0.224. The molecule has 2 heterocycles. The number of carbonyl (C=O) groups is 3. The summed E-state index contributed by atoms with van der Waals surface area (Å²) < 4.78 is 14.8. The Hall–Kier alpha value is -4.01. The van der Waals surface area contributed by atoms with E-state index in [2.05, 4.69) is 29.3 Å². The fraction of sp³-hybridized carbons (Fsp3) is 0.500. The molecule has 242 valence electrons. The lowest BCUT2D eigenvalue weighted by Gasteiger charge is -2.35. The fourth-order valence-corrected chi connectivity index (χ4v) is 5.89. The SMILES string of the molecule is C=C1NN=C(Cc2ccc(F)c(C(=O)N3CCN(C(=O)CCCCCCCCCCC(=O)NCCC)CC3)c2)c2ccccc21. The number of nitrogens with zero attached hydrogens (tertiary/aromatic N) is 3. The highest BCUT2D eigenvalue weighted by molar-refractivity contribution is 6.07. The van der Waals surface area contributed by atoms with Gasteiger partial charge in [0.15, 0.2) is 0 Å². The standard InChI is InChI=1S/C36H48FN5O3/c1-3-20-38-34(43)16-10-8-6-4-5-7-9-11-17-35(44)41-21-23-42(24-22-41)36(45)31-25-28(18-19-32(31)37)26-33-30-15-13-12-14-29(30)27(2)39-40-33/h12-15,18-19,25,39H,2-11,16-17,20-24,26H2,1H3,(H,38,43). The van der Waals surface area contributed by atoms with E-state index in [9.17, 15) is 18.8 Å². The van der Waals surface area contributed by atoms with Crippen LogP contribution in [0.5, 0.6) is 0 Å². The first-order valence-corrected chi connectivity index (χ1v) is 16.6. The van der Waals surface area contributed by atoms with Crippen LogP contribution in [0.3, 0.4) is 0 Å². The second-order valence-electron chi connectivity index (χ2n) is 12.0. The summed E-state index contributed by atoms with van der Waals surface area (Å²) in [5.41, 5.74) is 7.27. The molecule has 2 aromatic rings. The molecule has 9 heteroatoms. The van der Waals surface area contributed by atoms with Gasteiger partial charge in [-0.3, -0.25) is 19.8 Å². The Kier molecular flexibility index (Phi) is 13.2. The summed E-state index contributed by atoms with van der Waals surface area (Å²) in [5, 5.41) is 7.36. The predicted molar refractivity (Wildman–Crippen MR) is 177 cm³/mol. The molecule has 2 N–H and O–H groups in total. The van der Waals surface area contributed by atoms with E-state index in [4.69, 9.17) is 0 Å². The van der Waals surface area contributed by atoms with E-state index >= 15 is 0 Å². The molecule has 2 aliphatic rings. The van der Waals surface area contributed by atoms with Crippen molar-refractivity contribution in [2.75, 3.05) is 32.7 Å². The number of benzene rings is 2. The summed E-state index contributed by atoms with van der Waals surface area (Å²) in [6.07, 6.45) is 11.1. The minimum atomic E-state index is -0.547. The predicted octanol–water partition coefficient (Wildman–Crippen LogP) is 6.06. The molecule has 0 aliphatic carbocycles. The first kappa shape index (κ1) is 33.9. The molecule has 2 aromatic carbocycles. The summed E-state index contributed by atoms with van der Waals surface area (Å²) >= 11 is 0. The van der Waals surface area contributed by atoms with Crippen LogP contribution in [0.1, 0.15) is 105 Å². The van der Waals surface area contributed by atoms with Gasteiger partial charge < -0.3 is 15.1 Å². The van der Waals surface area contributed by atoms with Crippen LogP contribution in [-0.4, -0.2) is 66.0 Å². The minimum Gasteiger partial charge on any atom is -0.356 e. The maximum Gasteiger partial charge on any atom is 0.256 e. The maximum atomic E-state index is 14.8. The topological polar surface area (TPSA) is 94.1 Å². The van der Waals surface area contributed by atoms with Crippen molar-refractivity contribution >= 4 is 29.1 Å². The fourth-order valence-electron chi connectivity index (χ4n) is 5.89. The molecule has 0 atom stereocenters. The Morgan fingerprint density at radius 1 is 0.867 bits per heavy atom. The van der Waals surface area contributed by atoms with Crippen LogP contribution in [0.4, 0.5) is 4.39 Å². The summed E-state index contributed by atoms with van der Waals surface area (Å²) in [6, 6.07) is 12.5. The largest absolute Gasteiger partial charge is 0.356 e. The Morgan fingerprint density at radius 2 is 1.49 bits per heavy atom. The molecule has 0 saturated carbocycles. The van der Waals surface area contributed by atoms with Gasteiger partial charge in [0.05, 0.1) is 17.0 Å². The lowest BCUT2D eigenvalue weighted by atomic mass is 9.94. The molecule has 3 amide bonds. The van der Waals surface area contributed by atoms with Crippen molar-refractivity contribution in [3.05, 3.63) is 77.1 Å². The molecule has 0 spiro atoms. The Balaban J connectivity index is 1.14. The van der Waals surface area contributed by atoms with Crippen molar-refractivity contribution in [2.24, 2.45) is 5.10 Å². The lowest BCUT2D eigenvalue weighted by molar-refractivity contribution is -0.132. The van der Waals surface area contributed by atoms with E-state index in [1.807, 2.05) is 29.2 Å². The number of carbonyl (C=O) groups excluding carboxylic acids is 3. The van der Waals surface area contributed by atoms with Gasteiger partial charge in [0.2, 0.25) is 11.8 Å². The van der Waals surface area contributed by atoms with Crippen molar-refractivity contribution in [3.63, 3.8) is 0 Å². The normalized spacial score (nSPS) is 14.4. The van der Waals surface area contributed by atoms with Crippen molar-refractivity contribution in [3.8, 4) is 0 Å². The average molecular weight is 618 g/mol. The van der Waals surface area contributed by atoms with E-state index in [0.29, 0.717) is 45.4 Å². The minimum absolute atomic E-state index is 0.0480. The van der Waals surface area contributed by atoms with Gasteiger partial charge in [0, 0.05) is 63.1 Å². The highest BCUT2D eigenvalue weighted by Gasteiger charge is 2.27. The third-order valence-electron chi connectivity index (χ3n) is 8.56. The monoisotopic (exact) mass is 617 g/mol. The smallest absolute Gasteiger partial charge is 0.256 e. The maximum absolute atomic E-state index is 14.8. The molecule has 4 rings (SSSR count). The lowest BCUT2D eigenvalue weighted by Crippen LogP contribution is -2.50. The van der Waals surface area contributed by atoms with Gasteiger partial charge in [-0.05, 0) is 37.0 Å². The van der Waals surface area contributed by atoms with Crippen molar-refractivity contribution in [1.29, 1.82) is 0 Å². The second-order valence-corrected chi connectivity index (χ2v) is 12.0. The van der Waals surface area contributed by atoms with Gasteiger partial charge in [0.1, 0.15) is 5.82 Å². The van der Waals surface area contributed by atoms with Crippen LogP contribution in [0.25, 0.3) is 5.70 Å². The highest BCUT2D eigenvalue weighted by atomic mass is 19.1. The van der Waals surface area contributed by atoms with Gasteiger partial charge in [-0.15, -0.1) is 0 Å². The molecule has 2 aliphatic heterocycles. The van der Waals surface area contributed by atoms with E-state index in [0.717, 1.165) is 86.0 Å². The molecule has 1 fully saturated rings. The molecule has 8 nitrogen and oxygen atoms in total. The zero-order valence-corrected chi connectivity index (χ0v) is 26.7. The van der Waals surface area contributed by atoms with Crippen molar-refractivity contribution in [1.82, 2.24) is 20.5 Å². The highest BCUT2D eigenvalue weighted by Crippen LogP contribution is 2.23. The molecule has 0 bridgehead atoms. The molecule has 45 heavy (non-hydrogen) atoms. The average Bonchev–Trinajstić information content (AvgIpc) is 3.06. The number of hydrogen-bond donors (Lipinski definition) is 2. The van der Waals surface area contributed by atoms with Crippen LogP contribution in [0, 0.1) is 5.82 Å². The summed E-state index contributed by atoms with van der Waals surface area (Å²) in [7, 11) is 0. The third-order valence-corrected chi connectivity index (χ3v) is 8.56. The van der Waals surface area contributed by atoms with Gasteiger partial charge in [-0.25, -0.2) is 4.39 Å². The van der Waals surface area contributed by atoms with E-state index < -0.39 is 5.82 Å². The van der Waals surface area contributed by atoms with Crippen LogP contribution in [0.15, 0.2) is 54.1 Å². The van der Waals surface area contributed by atoms with E-state index in [-0.39, 0.29) is 23.3 Å². The number of unbranched alkanes of at least 4 members (excludes halogenated alkanes) is 7. The Bertz CT molecular complexity index is 1370. The first-order chi connectivity index (χ1) is 21.9. The van der Waals surface area contributed by atoms with Crippen molar-refractivity contribution in [2.45, 2.75) is 84.0 Å². The van der Waals surface area contributed by atoms with Gasteiger partial charge in [0.25, 0.3) is 5.91 Å². The van der Waals surface area contributed by atoms with E-state index in [1.54, 1.807) is 17.0 Å². The van der Waals surface area contributed by atoms with Gasteiger partial charge in [-0.1, -0.05) is 82.4 Å². The second kappa shape index (κ2) is 17.5. The van der Waals surface area contributed by atoms with Crippen LogP contribution in [0.2, 0.25) is 0 Å². The Labute approximate surface area is 267 Å². The number of hydrogen-bond acceptors (Lipinski definition) is 5. The van der Waals surface area contributed by atoms with Gasteiger partial charge in [-0.2, -0.15) is 5.10 Å². The molecular weight excluding hydrogens is 569 g/mol. The van der Waals surface area contributed by atoms with Crippen LogP contribution < -0.4 is 10.7 Å². The Morgan fingerprint density at radius 3 is 2.18 bits per heavy atom. The first-order valence-electron chi connectivity index (χ1n) is 16.6. The zero-order chi connectivity index (χ0) is 32.0. The number of halogens is 1. The number of rotatable bonds is 16. The number of piperazine rings is 1. The number of hydrazone groups is 1. The molecular formula is C36H48FN5O3. The summed E-state index contributed by atoms with van der Waals surface area (Å²) in [4.78, 5) is 41.2. The van der Waals surface area contributed by atoms with Gasteiger partial charge >= 0.3 is 0 Å². The number of fused-ring (bicyclic) bond motifs is 1. The number of nitrogens with one attached hydrogen (secondary N) is 2. The number of amides is 3. The molecule has 0 aromatic heterocycles. The third kappa shape index (κ3) is 9.99. The molecule has 0 radical (unpaired) electrons. The molecule has 0 unspecified atom stereocenters. The van der Waals surface area contributed by atoms with Crippen molar-refractivity contribution < 1.29 is 18.8 Å². The molecule has 1 saturated heterocycles. The summed E-state index contributed by atoms with van der Waals surface area (Å²) in [5.74, 6) is -0.609. The zero-order valence-electron chi connectivity index (χ0n) is 26.7. The van der Waals surface area contributed by atoms with Crippen LogP contribution >= 0.6 is 0 Å².